The third-order valence-corrected chi connectivity index (χ3v) is 3.58. The number of carbonyl (C=O) groups excluding carboxylic acids is 2. The molecule has 1 heterocycles. The lowest BCUT2D eigenvalue weighted by molar-refractivity contribution is -0.120. The van der Waals surface area contributed by atoms with Crippen LogP contribution in [0.25, 0.3) is 0 Å². The Bertz CT molecular complexity index is 821. The first-order valence-electron chi connectivity index (χ1n) is 7.37. The second-order valence-electron chi connectivity index (χ2n) is 5.29. The van der Waals surface area contributed by atoms with Crippen molar-refractivity contribution in [1.82, 2.24) is 0 Å². The fourth-order valence-corrected chi connectivity index (χ4v) is 2.38. The molecule has 8 heteroatoms. The molecule has 130 valence electrons. The minimum absolute atomic E-state index is 0.0753. The van der Waals surface area contributed by atoms with Gasteiger partial charge in [-0.2, -0.15) is 0 Å². The van der Waals surface area contributed by atoms with E-state index < -0.39 is 35.7 Å². The summed E-state index contributed by atoms with van der Waals surface area (Å²) < 4.78 is 37.7. The molecular weight excluding hydrogens is 334 g/mol. The Morgan fingerprint density at radius 2 is 1.80 bits per heavy atom. The number of carbonyl (C=O) groups is 2. The van der Waals surface area contributed by atoms with Crippen LogP contribution in [-0.4, -0.2) is 25.2 Å². The number of rotatable bonds is 4. The van der Waals surface area contributed by atoms with Crippen molar-refractivity contribution >= 4 is 23.2 Å². The van der Waals surface area contributed by atoms with Gasteiger partial charge in [0.1, 0.15) is 23.9 Å². The molecule has 0 bridgehead atoms. The van der Waals surface area contributed by atoms with Crippen LogP contribution in [0.15, 0.2) is 36.4 Å². The zero-order valence-electron chi connectivity index (χ0n) is 13.2. The molecule has 2 aromatic carbocycles. The van der Waals surface area contributed by atoms with Gasteiger partial charge in [0.25, 0.3) is 0 Å². The van der Waals surface area contributed by atoms with Crippen LogP contribution in [-0.2, 0) is 9.59 Å². The summed E-state index contributed by atoms with van der Waals surface area (Å²) in [6, 6.07) is 8.00. The summed E-state index contributed by atoms with van der Waals surface area (Å²) in [6.45, 7) is 0.941. The van der Waals surface area contributed by atoms with Crippen LogP contribution in [0, 0.1) is 11.6 Å². The highest BCUT2D eigenvalue weighted by molar-refractivity contribution is 6.02. The van der Waals surface area contributed by atoms with E-state index in [1.807, 2.05) is 0 Å². The van der Waals surface area contributed by atoms with Crippen molar-refractivity contribution in [3.05, 3.63) is 48.0 Å². The van der Waals surface area contributed by atoms with Gasteiger partial charge in [-0.25, -0.2) is 8.78 Å². The zero-order valence-corrected chi connectivity index (χ0v) is 13.2. The average molecular weight is 348 g/mol. The largest absolute Gasteiger partial charge is 0.454 e. The Kier molecular flexibility index (Phi) is 4.51. The number of ether oxygens (including phenoxy) is 2. The maximum absolute atomic E-state index is 13.6. The summed E-state index contributed by atoms with van der Waals surface area (Å²) in [7, 11) is 0. The van der Waals surface area contributed by atoms with E-state index in [-0.39, 0.29) is 6.79 Å². The van der Waals surface area contributed by atoms with E-state index in [2.05, 4.69) is 5.32 Å². The second kappa shape index (κ2) is 6.76. The fourth-order valence-electron chi connectivity index (χ4n) is 2.38. The third kappa shape index (κ3) is 3.52. The molecule has 0 aliphatic carbocycles. The molecule has 0 unspecified atom stereocenters. The molecule has 1 N–H and O–H groups in total. The highest BCUT2D eigenvalue weighted by Gasteiger charge is 2.21. The molecule has 1 aliphatic rings. The highest BCUT2D eigenvalue weighted by Crippen LogP contribution is 2.35. The monoisotopic (exact) mass is 348 g/mol. The number of fused-ring (bicyclic) bond motifs is 1. The first kappa shape index (κ1) is 16.7. The van der Waals surface area contributed by atoms with E-state index in [9.17, 15) is 18.4 Å². The maximum atomic E-state index is 13.6. The van der Waals surface area contributed by atoms with E-state index in [1.165, 1.54) is 13.0 Å². The predicted molar refractivity (Wildman–Crippen MR) is 85.6 cm³/mol. The van der Waals surface area contributed by atoms with Gasteiger partial charge < -0.3 is 19.7 Å². The van der Waals surface area contributed by atoms with E-state index >= 15 is 0 Å². The predicted octanol–water partition coefficient (Wildman–Crippen LogP) is 2.69. The van der Waals surface area contributed by atoms with Crippen molar-refractivity contribution in [3.8, 4) is 11.5 Å². The Balaban J connectivity index is 1.78. The first-order chi connectivity index (χ1) is 12.0. The van der Waals surface area contributed by atoms with Gasteiger partial charge in [0.2, 0.25) is 18.6 Å². The van der Waals surface area contributed by atoms with Gasteiger partial charge in [-0.05, 0) is 24.3 Å². The summed E-state index contributed by atoms with van der Waals surface area (Å²) in [5, 5.41) is 2.15. The number of anilines is 2. The lowest BCUT2D eigenvalue weighted by Gasteiger charge is -2.21. The summed E-state index contributed by atoms with van der Waals surface area (Å²) in [6.07, 6.45) is 0. The van der Waals surface area contributed by atoms with E-state index in [0.717, 1.165) is 17.0 Å². The maximum Gasteiger partial charge on any atom is 0.244 e. The highest BCUT2D eigenvalue weighted by atomic mass is 19.1. The topological polar surface area (TPSA) is 67.9 Å². The third-order valence-electron chi connectivity index (χ3n) is 3.58. The van der Waals surface area contributed by atoms with Crippen molar-refractivity contribution in [1.29, 1.82) is 0 Å². The smallest absolute Gasteiger partial charge is 0.244 e. The summed E-state index contributed by atoms with van der Waals surface area (Å²) in [5.41, 5.74) is -0.150. The van der Waals surface area contributed by atoms with Crippen LogP contribution in [0.3, 0.4) is 0 Å². The minimum Gasteiger partial charge on any atom is -0.454 e. The second-order valence-corrected chi connectivity index (χ2v) is 5.29. The van der Waals surface area contributed by atoms with Gasteiger partial charge in [-0.1, -0.05) is 6.07 Å². The van der Waals surface area contributed by atoms with Crippen molar-refractivity contribution in [2.75, 3.05) is 23.6 Å². The van der Waals surface area contributed by atoms with Gasteiger partial charge in [-0.3, -0.25) is 9.59 Å². The van der Waals surface area contributed by atoms with Gasteiger partial charge >= 0.3 is 0 Å². The van der Waals surface area contributed by atoms with Crippen LogP contribution in [0.1, 0.15) is 6.92 Å². The molecular formula is C17H14F2N2O4. The quantitative estimate of drug-likeness (QED) is 0.922. The Morgan fingerprint density at radius 1 is 1.12 bits per heavy atom. The normalized spacial score (nSPS) is 12.0. The molecule has 3 rings (SSSR count). The van der Waals surface area contributed by atoms with Crippen molar-refractivity contribution in [2.24, 2.45) is 0 Å². The lowest BCUT2D eigenvalue weighted by Crippen LogP contribution is -2.37. The summed E-state index contributed by atoms with van der Waals surface area (Å²) in [4.78, 5) is 25.2. The van der Waals surface area contributed by atoms with Crippen LogP contribution in [0.5, 0.6) is 11.5 Å². The number of benzene rings is 2. The van der Waals surface area contributed by atoms with Crippen LogP contribution >= 0.6 is 0 Å². The number of hydrogen-bond donors (Lipinski definition) is 1. The standard InChI is InChI=1S/C17H14F2N2O4/c1-10(22)21(11-5-6-14-15(7-11)25-9-24-14)8-16(23)20-17-12(18)3-2-4-13(17)19/h2-7H,8-9H2,1H3,(H,20,23). The van der Waals surface area contributed by atoms with E-state index in [4.69, 9.17) is 9.47 Å². The van der Waals surface area contributed by atoms with Crippen molar-refractivity contribution in [3.63, 3.8) is 0 Å². The zero-order chi connectivity index (χ0) is 18.0. The van der Waals surface area contributed by atoms with E-state index in [1.54, 1.807) is 18.2 Å². The Morgan fingerprint density at radius 3 is 2.48 bits per heavy atom. The number of nitrogens with one attached hydrogen (secondary N) is 1. The summed E-state index contributed by atoms with van der Waals surface area (Å²) in [5.74, 6) is -1.97. The van der Waals surface area contributed by atoms with Crippen molar-refractivity contribution < 1.29 is 27.8 Å². The average Bonchev–Trinajstić information content (AvgIpc) is 3.03. The van der Waals surface area contributed by atoms with Gasteiger partial charge in [0.05, 0.1) is 0 Å². The van der Waals surface area contributed by atoms with Crippen LogP contribution in [0.4, 0.5) is 20.2 Å². The molecule has 2 aromatic rings. The SMILES string of the molecule is CC(=O)N(CC(=O)Nc1c(F)cccc1F)c1ccc2c(c1)OCO2. The molecule has 0 radical (unpaired) electrons. The fraction of sp³-hybridized carbons (Fsp3) is 0.176. The molecule has 1 aliphatic heterocycles. The molecule has 0 aromatic heterocycles. The Labute approximate surface area is 141 Å². The molecule has 25 heavy (non-hydrogen) atoms. The molecule has 6 nitrogen and oxygen atoms in total. The molecule has 0 saturated heterocycles. The Hall–Kier alpha value is -3.16. The number of para-hydroxylation sites is 1. The van der Waals surface area contributed by atoms with Gasteiger partial charge in [-0.15, -0.1) is 0 Å². The lowest BCUT2D eigenvalue weighted by atomic mass is 10.2. The molecule has 0 spiro atoms. The number of amides is 2. The van der Waals surface area contributed by atoms with Gasteiger partial charge in [0.15, 0.2) is 11.5 Å². The first-order valence-corrected chi connectivity index (χ1v) is 7.37. The number of hydrogen-bond acceptors (Lipinski definition) is 4. The van der Waals surface area contributed by atoms with Crippen LogP contribution in [0.2, 0.25) is 0 Å². The minimum atomic E-state index is -0.897. The molecule has 0 saturated carbocycles. The van der Waals surface area contributed by atoms with Crippen LogP contribution < -0.4 is 19.7 Å². The van der Waals surface area contributed by atoms with E-state index in [0.29, 0.717) is 17.2 Å². The molecule has 0 fully saturated rings. The molecule has 0 atom stereocenters. The summed E-state index contributed by atoms with van der Waals surface area (Å²) >= 11 is 0. The molecule has 2 amide bonds. The van der Waals surface area contributed by atoms with Crippen molar-refractivity contribution in [2.45, 2.75) is 6.92 Å². The number of halogens is 2. The van der Waals surface area contributed by atoms with Gasteiger partial charge in [0, 0.05) is 18.7 Å². The number of nitrogens with zero attached hydrogens (tertiary/aromatic N) is 1.